The first-order valence-electron chi connectivity index (χ1n) is 11.2. The van der Waals surface area contributed by atoms with Gasteiger partial charge >= 0.3 is 0 Å². The maximum Gasteiger partial charge on any atom is 0.264 e. The summed E-state index contributed by atoms with van der Waals surface area (Å²) < 4.78 is 4.80. The minimum absolute atomic E-state index is 0.177. The van der Waals surface area contributed by atoms with Crippen molar-refractivity contribution in [2.75, 3.05) is 27.7 Å². The number of rotatable bonds is 19. The Kier molecular flexibility index (Phi) is 18.9. The van der Waals surface area contributed by atoms with Crippen molar-refractivity contribution in [3.05, 3.63) is 0 Å². The first-order valence-corrected chi connectivity index (χ1v) is 11.2. The van der Waals surface area contributed by atoms with Crippen LogP contribution in [0.2, 0.25) is 5.82 Å². The van der Waals surface area contributed by atoms with E-state index < -0.39 is 0 Å². The molecule has 0 aliphatic carbocycles. The molecule has 0 aromatic heterocycles. The molecule has 0 aliphatic rings. The Morgan fingerprint density at radius 3 is 1.69 bits per heavy atom. The van der Waals surface area contributed by atoms with Gasteiger partial charge in [-0.15, -0.1) is 0 Å². The lowest BCUT2D eigenvalue weighted by Gasteiger charge is -2.17. The summed E-state index contributed by atoms with van der Waals surface area (Å²) in [5, 5.41) is 0. The molecule has 0 rings (SSSR count). The fourth-order valence-corrected chi connectivity index (χ4v) is 3.42. The van der Waals surface area contributed by atoms with Gasteiger partial charge in [0.15, 0.2) is 0 Å². The quantitative estimate of drug-likeness (QED) is 0.189. The normalized spacial score (nSPS) is 12.3. The van der Waals surface area contributed by atoms with Gasteiger partial charge in [0.05, 0.1) is 7.11 Å². The Hall–Kier alpha value is -0.505. The van der Waals surface area contributed by atoms with Gasteiger partial charge in [-0.2, -0.15) is 0 Å². The van der Waals surface area contributed by atoms with Gasteiger partial charge in [0.1, 0.15) is 0 Å². The summed E-state index contributed by atoms with van der Waals surface area (Å²) in [6, 6.07) is 0. The van der Waals surface area contributed by atoms with E-state index in [1.165, 1.54) is 90.6 Å². The highest BCUT2D eigenvalue weighted by atomic mass is 16.5. The van der Waals surface area contributed by atoms with Gasteiger partial charge in [0.25, 0.3) is 7.28 Å². The SMILES string of the molecule is CCCCCCCCCCCCCCCC([B]C(=O)OC)CCN(C)C. The average molecular weight is 366 g/mol. The van der Waals surface area contributed by atoms with Gasteiger partial charge < -0.3 is 9.64 Å². The standard InChI is InChI=1S/C22H45BNO2/c1-5-6-7-8-9-10-11-12-13-14-15-16-17-18-21(19-20-24(2)3)23-22(25)26-4/h21H,5-20H2,1-4H3. The molecule has 0 spiro atoms. The van der Waals surface area contributed by atoms with E-state index >= 15 is 0 Å². The van der Waals surface area contributed by atoms with Crippen molar-refractivity contribution in [2.45, 2.75) is 109 Å². The molecular weight excluding hydrogens is 321 g/mol. The third-order valence-corrected chi connectivity index (χ3v) is 5.20. The minimum Gasteiger partial charge on any atom is -0.477 e. The van der Waals surface area contributed by atoms with Crippen molar-refractivity contribution >= 4 is 13.1 Å². The number of nitrogens with zero attached hydrogens (tertiary/aromatic N) is 1. The van der Waals surface area contributed by atoms with Crippen molar-refractivity contribution in [3.8, 4) is 0 Å². The summed E-state index contributed by atoms with van der Waals surface area (Å²) >= 11 is 0. The predicted octanol–water partition coefficient (Wildman–Crippen LogP) is 6.68. The highest BCUT2D eigenvalue weighted by molar-refractivity contribution is 6.73. The summed E-state index contributed by atoms with van der Waals surface area (Å²) in [5.41, 5.74) is 0. The van der Waals surface area contributed by atoms with E-state index in [1.54, 1.807) is 7.28 Å². The number of methoxy groups -OCH3 is 1. The molecule has 0 saturated heterocycles. The van der Waals surface area contributed by atoms with E-state index in [0.29, 0.717) is 5.82 Å². The van der Waals surface area contributed by atoms with Crippen LogP contribution in [-0.4, -0.2) is 45.8 Å². The number of hydrogen-bond donors (Lipinski definition) is 0. The van der Waals surface area contributed by atoms with E-state index in [-0.39, 0.29) is 5.87 Å². The summed E-state index contributed by atoms with van der Waals surface area (Å²) in [4.78, 5) is 13.7. The molecule has 1 unspecified atom stereocenters. The van der Waals surface area contributed by atoms with Gasteiger partial charge in [-0.1, -0.05) is 103 Å². The molecule has 26 heavy (non-hydrogen) atoms. The molecule has 0 aromatic carbocycles. The van der Waals surface area contributed by atoms with E-state index in [1.807, 2.05) is 0 Å². The molecular formula is C22H45BNO2. The van der Waals surface area contributed by atoms with Crippen LogP contribution in [0.1, 0.15) is 103 Å². The number of hydrogen-bond acceptors (Lipinski definition) is 3. The fourth-order valence-electron chi connectivity index (χ4n) is 3.42. The van der Waals surface area contributed by atoms with Crippen LogP contribution in [-0.2, 0) is 4.74 Å². The second kappa shape index (κ2) is 19.3. The topological polar surface area (TPSA) is 29.5 Å². The van der Waals surface area contributed by atoms with Gasteiger partial charge in [-0.25, -0.2) is 0 Å². The van der Waals surface area contributed by atoms with Gasteiger partial charge in [0, 0.05) is 0 Å². The molecule has 0 bridgehead atoms. The zero-order chi connectivity index (χ0) is 19.5. The van der Waals surface area contributed by atoms with E-state index in [4.69, 9.17) is 4.74 Å². The van der Waals surface area contributed by atoms with E-state index in [2.05, 4.69) is 25.9 Å². The monoisotopic (exact) mass is 366 g/mol. The Bertz CT molecular complexity index is 311. The van der Waals surface area contributed by atoms with Crippen LogP contribution >= 0.6 is 0 Å². The van der Waals surface area contributed by atoms with Crippen LogP contribution in [0.15, 0.2) is 0 Å². The molecule has 0 heterocycles. The number of carbonyl (C=O) groups excluding carboxylic acids is 1. The molecule has 4 heteroatoms. The smallest absolute Gasteiger partial charge is 0.264 e. The zero-order valence-electron chi connectivity index (χ0n) is 18.2. The van der Waals surface area contributed by atoms with Crippen LogP contribution in [0.25, 0.3) is 0 Å². The summed E-state index contributed by atoms with van der Waals surface area (Å²) in [7, 11) is 7.41. The molecule has 153 valence electrons. The molecule has 1 atom stereocenters. The first kappa shape index (κ1) is 25.5. The average Bonchev–Trinajstić information content (AvgIpc) is 2.62. The Balaban J connectivity index is 3.52. The number of carbonyl (C=O) groups is 1. The lowest BCUT2D eigenvalue weighted by Crippen LogP contribution is -2.21. The fraction of sp³-hybridized carbons (Fsp3) is 0.955. The highest BCUT2D eigenvalue weighted by Crippen LogP contribution is 2.21. The van der Waals surface area contributed by atoms with Crippen molar-refractivity contribution in [2.24, 2.45) is 0 Å². The van der Waals surface area contributed by atoms with Crippen LogP contribution in [0.3, 0.4) is 0 Å². The minimum atomic E-state index is -0.177. The lowest BCUT2D eigenvalue weighted by atomic mass is 9.61. The summed E-state index contributed by atoms with van der Waals surface area (Å²) in [5.74, 6) is 0.181. The summed E-state index contributed by atoms with van der Waals surface area (Å²) in [6.07, 6.45) is 20.1. The van der Waals surface area contributed by atoms with Crippen LogP contribution in [0.5, 0.6) is 0 Å². The number of ether oxygens (including phenoxy) is 1. The van der Waals surface area contributed by atoms with Gasteiger partial charge in [-0.05, 0) is 27.1 Å². The molecule has 0 aliphatic heterocycles. The third-order valence-electron chi connectivity index (χ3n) is 5.20. The Labute approximate surface area is 164 Å². The van der Waals surface area contributed by atoms with Crippen molar-refractivity contribution < 1.29 is 9.53 Å². The molecule has 0 N–H and O–H groups in total. The van der Waals surface area contributed by atoms with Crippen molar-refractivity contribution in [3.63, 3.8) is 0 Å². The van der Waals surface area contributed by atoms with Crippen LogP contribution in [0.4, 0.5) is 4.79 Å². The molecule has 0 aromatic rings. The zero-order valence-corrected chi connectivity index (χ0v) is 18.2. The maximum absolute atomic E-state index is 11.5. The van der Waals surface area contributed by atoms with Crippen LogP contribution < -0.4 is 0 Å². The third kappa shape index (κ3) is 18.3. The van der Waals surface area contributed by atoms with E-state index in [9.17, 15) is 4.79 Å². The van der Waals surface area contributed by atoms with Crippen molar-refractivity contribution in [1.29, 1.82) is 0 Å². The van der Waals surface area contributed by atoms with E-state index in [0.717, 1.165) is 19.4 Å². The Morgan fingerprint density at radius 1 is 0.808 bits per heavy atom. The molecule has 0 amide bonds. The highest BCUT2D eigenvalue weighted by Gasteiger charge is 2.16. The molecule has 0 fully saturated rings. The molecule has 3 nitrogen and oxygen atoms in total. The second-order valence-electron chi connectivity index (χ2n) is 8.07. The second-order valence-corrected chi connectivity index (χ2v) is 8.07. The molecule has 1 radical (unpaired) electrons. The number of unbranched alkanes of at least 4 members (excludes halogenated alkanes) is 12. The largest absolute Gasteiger partial charge is 0.477 e. The lowest BCUT2D eigenvalue weighted by molar-refractivity contribution is 0.197. The Morgan fingerprint density at radius 2 is 1.27 bits per heavy atom. The first-order chi connectivity index (χ1) is 12.6. The van der Waals surface area contributed by atoms with Gasteiger partial charge in [-0.3, -0.25) is 4.79 Å². The molecule has 0 saturated carbocycles. The van der Waals surface area contributed by atoms with Crippen LogP contribution in [0, 0.1) is 0 Å². The summed E-state index contributed by atoms with van der Waals surface area (Å²) in [6.45, 7) is 3.30. The maximum atomic E-state index is 11.5. The van der Waals surface area contributed by atoms with Gasteiger partial charge in [0.2, 0.25) is 5.87 Å². The van der Waals surface area contributed by atoms with Crippen molar-refractivity contribution in [1.82, 2.24) is 4.90 Å². The predicted molar refractivity (Wildman–Crippen MR) is 115 cm³/mol.